The van der Waals surface area contributed by atoms with Crippen LogP contribution in [-0.4, -0.2) is 19.5 Å². The maximum Gasteiger partial charge on any atom is 0.267 e. The van der Waals surface area contributed by atoms with E-state index in [2.05, 4.69) is 4.72 Å². The van der Waals surface area contributed by atoms with Crippen LogP contribution in [-0.2, 0) is 14.8 Å². The molecule has 2 rings (SSSR count). The van der Waals surface area contributed by atoms with E-state index in [9.17, 15) is 13.2 Å². The van der Waals surface area contributed by atoms with Gasteiger partial charge in [-0.05, 0) is 48.4 Å². The molecule has 0 atom stereocenters. The largest absolute Gasteiger partial charge is 0.288 e. The first-order valence-corrected chi connectivity index (χ1v) is 8.21. The SMILES string of the molecule is Cc1cccc(S(=O)(=O)Nc2cccc(/C=C/C(=O)NO)c2)c1. The number of amides is 1. The van der Waals surface area contributed by atoms with E-state index >= 15 is 0 Å². The third-order valence-electron chi connectivity index (χ3n) is 2.98. The normalized spacial score (nSPS) is 11.4. The summed E-state index contributed by atoms with van der Waals surface area (Å²) in [5, 5.41) is 8.43. The number of carbonyl (C=O) groups is 1. The predicted octanol–water partition coefficient (Wildman–Crippen LogP) is 2.31. The third kappa shape index (κ3) is 4.67. The molecule has 0 saturated carbocycles. The summed E-state index contributed by atoms with van der Waals surface area (Å²) in [6.07, 6.45) is 2.59. The van der Waals surface area contributed by atoms with Crippen LogP contribution in [0.3, 0.4) is 0 Å². The van der Waals surface area contributed by atoms with Crippen LogP contribution in [0.1, 0.15) is 11.1 Å². The van der Waals surface area contributed by atoms with Crippen LogP contribution in [0, 0.1) is 6.92 Å². The second-order valence-electron chi connectivity index (χ2n) is 4.86. The van der Waals surface area contributed by atoms with Crippen LogP contribution in [0.15, 0.2) is 59.5 Å². The molecular weight excluding hydrogens is 316 g/mol. The summed E-state index contributed by atoms with van der Waals surface area (Å²) in [6, 6.07) is 13.1. The quantitative estimate of drug-likeness (QED) is 0.445. The molecule has 6 nitrogen and oxygen atoms in total. The van der Waals surface area contributed by atoms with Crippen molar-refractivity contribution in [2.45, 2.75) is 11.8 Å². The topological polar surface area (TPSA) is 95.5 Å². The summed E-state index contributed by atoms with van der Waals surface area (Å²) in [7, 11) is -3.68. The number of hydroxylamine groups is 1. The smallest absolute Gasteiger partial charge is 0.267 e. The molecule has 3 N–H and O–H groups in total. The van der Waals surface area contributed by atoms with Crippen molar-refractivity contribution in [2.24, 2.45) is 0 Å². The monoisotopic (exact) mass is 332 g/mol. The van der Waals surface area contributed by atoms with Crippen molar-refractivity contribution in [3.8, 4) is 0 Å². The molecule has 2 aromatic rings. The van der Waals surface area contributed by atoms with E-state index in [1.165, 1.54) is 17.6 Å². The number of hydrogen-bond donors (Lipinski definition) is 3. The summed E-state index contributed by atoms with van der Waals surface area (Å²) < 4.78 is 27.2. The molecule has 0 bridgehead atoms. The standard InChI is InChI=1S/C16H16N2O4S/c1-12-4-2-7-15(10-12)23(21,22)18-14-6-3-5-13(11-14)8-9-16(19)17-20/h2-11,18,20H,1H3,(H,17,19)/b9-8+. The first kappa shape index (κ1) is 16.7. The van der Waals surface area contributed by atoms with Gasteiger partial charge in [-0.1, -0.05) is 24.3 Å². The van der Waals surface area contributed by atoms with Crippen molar-refractivity contribution in [1.82, 2.24) is 5.48 Å². The molecule has 0 unspecified atom stereocenters. The Balaban J connectivity index is 2.23. The van der Waals surface area contributed by atoms with Gasteiger partial charge >= 0.3 is 0 Å². The van der Waals surface area contributed by atoms with E-state index in [-0.39, 0.29) is 4.90 Å². The summed E-state index contributed by atoms with van der Waals surface area (Å²) in [4.78, 5) is 11.1. The molecule has 0 aromatic heterocycles. The summed E-state index contributed by atoms with van der Waals surface area (Å²) >= 11 is 0. The highest BCUT2D eigenvalue weighted by molar-refractivity contribution is 7.92. The van der Waals surface area contributed by atoms with Crippen molar-refractivity contribution < 1.29 is 18.4 Å². The molecule has 23 heavy (non-hydrogen) atoms. The Morgan fingerprint density at radius 3 is 2.57 bits per heavy atom. The average molecular weight is 332 g/mol. The lowest BCUT2D eigenvalue weighted by molar-refractivity contribution is -0.124. The van der Waals surface area contributed by atoms with Crippen molar-refractivity contribution in [2.75, 3.05) is 4.72 Å². The Bertz CT molecular complexity index is 845. The zero-order valence-electron chi connectivity index (χ0n) is 12.4. The molecule has 7 heteroatoms. The number of rotatable bonds is 5. The van der Waals surface area contributed by atoms with Crippen LogP contribution in [0.25, 0.3) is 6.08 Å². The van der Waals surface area contributed by atoms with E-state index in [1.807, 2.05) is 13.0 Å². The number of hydrogen-bond acceptors (Lipinski definition) is 4. The van der Waals surface area contributed by atoms with Gasteiger partial charge in [0.2, 0.25) is 0 Å². The summed E-state index contributed by atoms with van der Waals surface area (Å²) in [6.45, 7) is 1.82. The van der Waals surface area contributed by atoms with Gasteiger partial charge in [-0.15, -0.1) is 0 Å². The fourth-order valence-corrected chi connectivity index (χ4v) is 3.07. The predicted molar refractivity (Wildman–Crippen MR) is 87.4 cm³/mol. The second-order valence-corrected chi connectivity index (χ2v) is 6.54. The van der Waals surface area contributed by atoms with E-state index in [0.29, 0.717) is 11.3 Å². The van der Waals surface area contributed by atoms with Gasteiger partial charge in [-0.3, -0.25) is 14.7 Å². The van der Waals surface area contributed by atoms with Gasteiger partial charge in [0.25, 0.3) is 15.9 Å². The second kappa shape index (κ2) is 7.08. The van der Waals surface area contributed by atoms with E-state index in [4.69, 9.17) is 5.21 Å². The molecule has 1 amide bonds. The van der Waals surface area contributed by atoms with Gasteiger partial charge in [-0.2, -0.15) is 0 Å². The number of anilines is 1. The van der Waals surface area contributed by atoms with E-state index in [1.54, 1.807) is 36.4 Å². The minimum Gasteiger partial charge on any atom is -0.288 e. The molecule has 0 heterocycles. The van der Waals surface area contributed by atoms with Crippen LogP contribution >= 0.6 is 0 Å². The maximum atomic E-state index is 12.4. The number of nitrogens with one attached hydrogen (secondary N) is 2. The van der Waals surface area contributed by atoms with Crippen molar-refractivity contribution in [3.05, 3.63) is 65.7 Å². The number of carbonyl (C=O) groups excluding carboxylic acids is 1. The molecule has 2 aromatic carbocycles. The molecule has 0 spiro atoms. The van der Waals surface area contributed by atoms with Crippen LogP contribution in [0.2, 0.25) is 0 Å². The van der Waals surface area contributed by atoms with E-state index < -0.39 is 15.9 Å². The Kier molecular flexibility index (Phi) is 5.15. The zero-order valence-corrected chi connectivity index (χ0v) is 13.2. The molecular formula is C16H16N2O4S. The molecule has 0 aliphatic heterocycles. The third-order valence-corrected chi connectivity index (χ3v) is 4.36. The molecule has 120 valence electrons. The fourth-order valence-electron chi connectivity index (χ4n) is 1.91. The fraction of sp³-hybridized carbons (Fsp3) is 0.0625. The molecule has 0 fully saturated rings. The van der Waals surface area contributed by atoms with Gasteiger partial charge in [-0.25, -0.2) is 13.9 Å². The Morgan fingerprint density at radius 1 is 1.13 bits per heavy atom. The highest BCUT2D eigenvalue weighted by atomic mass is 32.2. The average Bonchev–Trinajstić information content (AvgIpc) is 2.52. The van der Waals surface area contributed by atoms with Gasteiger partial charge < -0.3 is 0 Å². The van der Waals surface area contributed by atoms with Gasteiger partial charge in [0.05, 0.1) is 4.90 Å². The molecule has 0 aliphatic carbocycles. The first-order chi connectivity index (χ1) is 10.9. The van der Waals surface area contributed by atoms with Crippen molar-refractivity contribution in [1.29, 1.82) is 0 Å². The van der Waals surface area contributed by atoms with Crippen LogP contribution in [0.4, 0.5) is 5.69 Å². The lowest BCUT2D eigenvalue weighted by atomic mass is 10.2. The number of sulfonamides is 1. The van der Waals surface area contributed by atoms with Crippen molar-refractivity contribution >= 4 is 27.7 Å². The Labute approximate surface area is 134 Å². The van der Waals surface area contributed by atoms with Gasteiger partial charge in [0.15, 0.2) is 0 Å². The van der Waals surface area contributed by atoms with E-state index in [0.717, 1.165) is 11.6 Å². The highest BCUT2D eigenvalue weighted by Gasteiger charge is 2.14. The lowest BCUT2D eigenvalue weighted by Crippen LogP contribution is -2.14. The lowest BCUT2D eigenvalue weighted by Gasteiger charge is -2.09. The Morgan fingerprint density at radius 2 is 1.87 bits per heavy atom. The van der Waals surface area contributed by atoms with Gasteiger partial charge in [0, 0.05) is 11.8 Å². The van der Waals surface area contributed by atoms with Crippen molar-refractivity contribution in [3.63, 3.8) is 0 Å². The maximum absolute atomic E-state index is 12.4. The van der Waals surface area contributed by atoms with Crippen LogP contribution < -0.4 is 10.2 Å². The minimum atomic E-state index is -3.68. The summed E-state index contributed by atoms with van der Waals surface area (Å²) in [5.41, 5.74) is 3.31. The van der Waals surface area contributed by atoms with Crippen LogP contribution in [0.5, 0.6) is 0 Å². The van der Waals surface area contributed by atoms with Gasteiger partial charge in [0.1, 0.15) is 0 Å². The minimum absolute atomic E-state index is 0.179. The summed E-state index contributed by atoms with van der Waals surface area (Å²) in [5.74, 6) is -0.671. The molecule has 0 radical (unpaired) electrons. The number of aryl methyl sites for hydroxylation is 1. The number of benzene rings is 2. The zero-order chi connectivity index (χ0) is 16.9. The highest BCUT2D eigenvalue weighted by Crippen LogP contribution is 2.18. The molecule has 0 aliphatic rings. The first-order valence-electron chi connectivity index (χ1n) is 6.72. The Hall–Kier alpha value is -2.64. The molecule has 0 saturated heterocycles.